The van der Waals surface area contributed by atoms with Gasteiger partial charge in [0.1, 0.15) is 6.04 Å². The lowest BCUT2D eigenvalue weighted by atomic mass is 9.88. The Morgan fingerprint density at radius 1 is 1.09 bits per heavy atom. The maximum Gasteiger partial charge on any atom is 0.253 e. The van der Waals surface area contributed by atoms with Gasteiger partial charge < -0.3 is 20.3 Å². The molecule has 0 spiro atoms. The number of aryl methyl sites for hydroxylation is 1. The molecule has 176 valence electrons. The van der Waals surface area contributed by atoms with Crippen molar-refractivity contribution in [2.75, 3.05) is 33.4 Å². The summed E-state index contributed by atoms with van der Waals surface area (Å²) in [5.41, 5.74) is 2.07. The minimum Gasteiger partial charge on any atom is -0.383 e. The SMILES string of the molecule is COCCNC(=O)[C@H](NC(=O)c1cccc(C)c1)C1CCN(C(=O)c2ccc(Cl)cc2)CC1. The average Bonchev–Trinajstić information content (AvgIpc) is 2.82. The predicted molar refractivity (Wildman–Crippen MR) is 127 cm³/mol. The number of hydrogen-bond donors (Lipinski definition) is 2. The number of piperidine rings is 1. The number of likely N-dealkylation sites (tertiary alicyclic amines) is 1. The highest BCUT2D eigenvalue weighted by Gasteiger charge is 2.34. The number of nitrogens with one attached hydrogen (secondary N) is 2. The van der Waals surface area contributed by atoms with Crippen LogP contribution < -0.4 is 10.6 Å². The molecule has 1 heterocycles. The fraction of sp³-hybridized carbons (Fsp3) is 0.400. The zero-order valence-electron chi connectivity index (χ0n) is 19.0. The van der Waals surface area contributed by atoms with Crippen LogP contribution in [-0.2, 0) is 9.53 Å². The van der Waals surface area contributed by atoms with E-state index >= 15 is 0 Å². The summed E-state index contributed by atoms with van der Waals surface area (Å²) in [6.07, 6.45) is 1.21. The minimum absolute atomic E-state index is 0.0602. The van der Waals surface area contributed by atoms with Crippen LogP contribution in [0.15, 0.2) is 48.5 Å². The number of amides is 3. The Bertz CT molecular complexity index is 972. The molecule has 0 saturated carbocycles. The van der Waals surface area contributed by atoms with E-state index < -0.39 is 6.04 Å². The third kappa shape index (κ3) is 6.79. The molecule has 2 aromatic rings. The molecule has 1 atom stereocenters. The Morgan fingerprint density at radius 3 is 2.42 bits per heavy atom. The van der Waals surface area contributed by atoms with Crippen molar-refractivity contribution in [3.63, 3.8) is 0 Å². The van der Waals surface area contributed by atoms with Crippen molar-refractivity contribution >= 4 is 29.3 Å². The number of nitrogens with zero attached hydrogens (tertiary/aromatic N) is 1. The van der Waals surface area contributed by atoms with Gasteiger partial charge in [0.15, 0.2) is 0 Å². The van der Waals surface area contributed by atoms with Gasteiger partial charge in [-0.3, -0.25) is 14.4 Å². The summed E-state index contributed by atoms with van der Waals surface area (Å²) in [7, 11) is 1.57. The Labute approximate surface area is 199 Å². The number of halogens is 1. The number of benzene rings is 2. The van der Waals surface area contributed by atoms with Gasteiger partial charge in [0.2, 0.25) is 5.91 Å². The molecule has 1 aliphatic rings. The van der Waals surface area contributed by atoms with E-state index in [1.54, 1.807) is 48.4 Å². The summed E-state index contributed by atoms with van der Waals surface area (Å²) >= 11 is 5.92. The van der Waals surface area contributed by atoms with Crippen molar-refractivity contribution < 1.29 is 19.1 Å². The normalized spacial score (nSPS) is 15.1. The van der Waals surface area contributed by atoms with Crippen LogP contribution in [0.25, 0.3) is 0 Å². The number of hydrogen-bond acceptors (Lipinski definition) is 4. The summed E-state index contributed by atoms with van der Waals surface area (Å²) in [6, 6.07) is 13.4. The molecule has 3 rings (SSSR count). The van der Waals surface area contributed by atoms with Gasteiger partial charge in [0.25, 0.3) is 11.8 Å². The highest BCUT2D eigenvalue weighted by Crippen LogP contribution is 2.23. The monoisotopic (exact) mass is 471 g/mol. The molecule has 33 heavy (non-hydrogen) atoms. The van der Waals surface area contributed by atoms with Gasteiger partial charge in [-0.05, 0) is 62.1 Å². The number of methoxy groups -OCH3 is 1. The van der Waals surface area contributed by atoms with E-state index in [-0.39, 0.29) is 23.6 Å². The molecule has 1 aliphatic heterocycles. The summed E-state index contributed by atoms with van der Waals surface area (Å²) in [4.78, 5) is 40.4. The Balaban J connectivity index is 1.67. The zero-order chi connectivity index (χ0) is 23.8. The lowest BCUT2D eigenvalue weighted by Crippen LogP contribution is -2.54. The smallest absolute Gasteiger partial charge is 0.253 e. The number of ether oxygens (including phenoxy) is 1. The number of carbonyl (C=O) groups excluding carboxylic acids is 3. The second kappa shape index (κ2) is 11.8. The van der Waals surface area contributed by atoms with Crippen molar-refractivity contribution in [1.82, 2.24) is 15.5 Å². The fourth-order valence-electron chi connectivity index (χ4n) is 4.01. The molecule has 7 nitrogen and oxygen atoms in total. The van der Waals surface area contributed by atoms with Crippen LogP contribution in [-0.4, -0.2) is 62.0 Å². The van der Waals surface area contributed by atoms with Crippen molar-refractivity contribution in [2.24, 2.45) is 5.92 Å². The van der Waals surface area contributed by atoms with E-state index in [0.29, 0.717) is 55.2 Å². The first-order valence-electron chi connectivity index (χ1n) is 11.1. The lowest BCUT2D eigenvalue weighted by Gasteiger charge is -2.36. The third-order valence-electron chi connectivity index (χ3n) is 5.84. The summed E-state index contributed by atoms with van der Waals surface area (Å²) in [5, 5.41) is 6.35. The van der Waals surface area contributed by atoms with Gasteiger partial charge in [0, 0.05) is 42.9 Å². The van der Waals surface area contributed by atoms with Crippen LogP contribution in [0.4, 0.5) is 0 Å². The van der Waals surface area contributed by atoms with E-state index in [0.717, 1.165) is 5.56 Å². The van der Waals surface area contributed by atoms with Crippen LogP contribution >= 0.6 is 11.6 Å². The topological polar surface area (TPSA) is 87.7 Å². The van der Waals surface area contributed by atoms with Gasteiger partial charge >= 0.3 is 0 Å². The fourth-order valence-corrected chi connectivity index (χ4v) is 4.13. The Morgan fingerprint density at radius 2 is 1.79 bits per heavy atom. The van der Waals surface area contributed by atoms with Crippen molar-refractivity contribution in [3.8, 4) is 0 Å². The van der Waals surface area contributed by atoms with Gasteiger partial charge in [-0.25, -0.2) is 0 Å². The Hall–Kier alpha value is -2.90. The molecule has 0 unspecified atom stereocenters. The molecule has 8 heteroatoms. The van der Waals surface area contributed by atoms with Crippen LogP contribution in [0.5, 0.6) is 0 Å². The number of carbonyl (C=O) groups is 3. The molecular formula is C25H30ClN3O4. The molecule has 3 amide bonds. The van der Waals surface area contributed by atoms with Gasteiger partial charge in [-0.2, -0.15) is 0 Å². The first kappa shape index (κ1) is 24.7. The standard InChI is InChI=1S/C25H30ClN3O4/c1-17-4-3-5-20(16-17)23(30)28-22(24(31)27-12-15-33-2)18-10-13-29(14-11-18)25(32)19-6-8-21(26)9-7-19/h3-9,16,18,22H,10-15H2,1-2H3,(H,27,31)(H,28,30)/t22-/m1/s1. The Kier molecular flexibility index (Phi) is 8.86. The van der Waals surface area contributed by atoms with Crippen molar-refractivity contribution in [3.05, 3.63) is 70.2 Å². The van der Waals surface area contributed by atoms with Crippen LogP contribution in [0, 0.1) is 12.8 Å². The van der Waals surface area contributed by atoms with Gasteiger partial charge in [-0.1, -0.05) is 29.3 Å². The van der Waals surface area contributed by atoms with E-state index in [1.165, 1.54) is 0 Å². The molecule has 0 radical (unpaired) electrons. The average molecular weight is 472 g/mol. The van der Waals surface area contributed by atoms with Crippen LogP contribution in [0.2, 0.25) is 5.02 Å². The largest absolute Gasteiger partial charge is 0.383 e. The molecule has 1 saturated heterocycles. The highest BCUT2D eigenvalue weighted by molar-refractivity contribution is 6.30. The first-order chi connectivity index (χ1) is 15.9. The maximum absolute atomic E-state index is 12.9. The van der Waals surface area contributed by atoms with E-state index in [4.69, 9.17) is 16.3 Å². The van der Waals surface area contributed by atoms with Gasteiger partial charge in [0.05, 0.1) is 6.61 Å². The molecule has 0 aliphatic carbocycles. The van der Waals surface area contributed by atoms with Crippen molar-refractivity contribution in [2.45, 2.75) is 25.8 Å². The molecule has 1 fully saturated rings. The molecule has 0 bridgehead atoms. The second-order valence-corrected chi connectivity index (χ2v) is 8.68. The highest BCUT2D eigenvalue weighted by atomic mass is 35.5. The molecule has 2 N–H and O–H groups in total. The van der Waals surface area contributed by atoms with E-state index in [1.807, 2.05) is 19.1 Å². The molecule has 2 aromatic carbocycles. The first-order valence-corrected chi connectivity index (χ1v) is 11.5. The molecular weight excluding hydrogens is 442 g/mol. The maximum atomic E-state index is 12.9. The summed E-state index contributed by atoms with van der Waals surface area (Å²) in [5.74, 6) is -0.675. The third-order valence-corrected chi connectivity index (χ3v) is 6.10. The second-order valence-electron chi connectivity index (χ2n) is 8.24. The summed E-state index contributed by atoms with van der Waals surface area (Å²) in [6.45, 7) is 3.68. The zero-order valence-corrected chi connectivity index (χ0v) is 19.7. The summed E-state index contributed by atoms with van der Waals surface area (Å²) < 4.78 is 5.02. The van der Waals surface area contributed by atoms with Crippen molar-refractivity contribution in [1.29, 1.82) is 0 Å². The van der Waals surface area contributed by atoms with Crippen LogP contribution in [0.3, 0.4) is 0 Å². The minimum atomic E-state index is -0.692. The van der Waals surface area contributed by atoms with E-state index in [2.05, 4.69) is 10.6 Å². The lowest BCUT2D eigenvalue weighted by molar-refractivity contribution is -0.124. The van der Waals surface area contributed by atoms with Crippen LogP contribution in [0.1, 0.15) is 39.1 Å². The quantitative estimate of drug-likeness (QED) is 0.579. The predicted octanol–water partition coefficient (Wildman–Crippen LogP) is 3.06. The van der Waals surface area contributed by atoms with E-state index in [9.17, 15) is 14.4 Å². The molecule has 0 aromatic heterocycles. The number of rotatable bonds is 8. The van der Waals surface area contributed by atoms with Gasteiger partial charge in [-0.15, -0.1) is 0 Å².